The number of hydrogen-bond acceptors (Lipinski definition) is 1. The number of rotatable bonds is 0. The van der Waals surface area contributed by atoms with Crippen LogP contribution in [0.15, 0.2) is 18.2 Å². The smallest absolute Gasteiger partial charge is 0.230 e. The number of carbonyl (C=O) groups is 1. The minimum Gasteiger partial charge on any atom is -0.325 e. The highest BCUT2D eigenvalue weighted by Crippen LogP contribution is 2.36. The van der Waals surface area contributed by atoms with E-state index in [4.69, 9.17) is 5.73 Å². The molecular weight excluding hydrogens is 176 g/mol. The second-order valence-corrected chi connectivity index (χ2v) is 4.35. The molecule has 2 N–H and O–H groups in total. The molecule has 3 heteroatoms. The van der Waals surface area contributed by atoms with Crippen LogP contribution in [0.5, 0.6) is 0 Å². The van der Waals surface area contributed by atoms with Gasteiger partial charge in [0.2, 0.25) is 5.91 Å². The van der Waals surface area contributed by atoms with Crippen molar-refractivity contribution in [2.45, 2.75) is 20.3 Å². The van der Waals surface area contributed by atoms with Gasteiger partial charge < -0.3 is 11.1 Å². The Morgan fingerprint density at radius 2 is 2.14 bits per heavy atom. The Morgan fingerprint density at radius 1 is 1.43 bits per heavy atom. The lowest BCUT2D eigenvalue weighted by Crippen LogP contribution is -2.37. The van der Waals surface area contributed by atoms with E-state index >= 15 is 0 Å². The van der Waals surface area contributed by atoms with Crippen molar-refractivity contribution in [3.05, 3.63) is 23.8 Å². The predicted octanol–water partition coefficient (Wildman–Crippen LogP) is 2.12. The van der Waals surface area contributed by atoms with E-state index in [0.717, 1.165) is 11.3 Å². The number of carbonyl (C=O) groups excluding carboxylic acids is 1. The van der Waals surface area contributed by atoms with E-state index in [0.29, 0.717) is 12.1 Å². The Morgan fingerprint density at radius 3 is 2.86 bits per heavy atom. The summed E-state index contributed by atoms with van der Waals surface area (Å²) in [6.45, 7) is 3.80. The minimum atomic E-state index is -0.399. The first kappa shape index (κ1) is 9.06. The summed E-state index contributed by atoms with van der Waals surface area (Å²) in [5.41, 5.74) is 9.59. The zero-order chi connectivity index (χ0) is 10.3. The molecule has 1 heterocycles. The monoisotopic (exact) mass is 189 g/mol. The van der Waals surface area contributed by atoms with Crippen LogP contribution in [0, 0.1) is 5.41 Å². The fourth-order valence-electron chi connectivity index (χ4n) is 1.71. The van der Waals surface area contributed by atoms with Gasteiger partial charge in [0.1, 0.15) is 0 Å². The molecule has 0 fully saturated rings. The fraction of sp³-hybridized carbons (Fsp3) is 0.364. The molecule has 1 aromatic rings. The van der Waals surface area contributed by atoms with E-state index in [-0.39, 0.29) is 5.91 Å². The average molecular weight is 189 g/mol. The molecule has 73 valence electrons. The molecule has 3 nitrogen and oxygen atoms in total. The standard InChI is InChI=1S/C11H13N2O/c1-11(2)6-7-8(12)4-3-5-9(7)13-10(11)14/h3-5,12H,6H2,1-2H3,(H,13,14). The van der Waals surface area contributed by atoms with E-state index in [2.05, 4.69) is 5.32 Å². The van der Waals surface area contributed by atoms with Crippen molar-refractivity contribution in [1.29, 1.82) is 0 Å². The second kappa shape index (κ2) is 2.74. The van der Waals surface area contributed by atoms with Crippen molar-refractivity contribution in [2.24, 2.45) is 5.41 Å². The molecule has 0 aromatic heterocycles. The summed E-state index contributed by atoms with van der Waals surface area (Å²) in [5.74, 6) is 0.0376. The topological polar surface area (TPSA) is 52.9 Å². The summed E-state index contributed by atoms with van der Waals surface area (Å²) in [6, 6.07) is 5.40. The van der Waals surface area contributed by atoms with Gasteiger partial charge in [-0.15, -0.1) is 0 Å². The Bertz CT molecular complexity index is 396. The van der Waals surface area contributed by atoms with E-state index in [1.165, 1.54) is 0 Å². The zero-order valence-corrected chi connectivity index (χ0v) is 8.35. The Balaban J connectivity index is 2.51. The molecule has 0 atom stereocenters. The number of benzene rings is 1. The van der Waals surface area contributed by atoms with Gasteiger partial charge in [0.25, 0.3) is 0 Å². The van der Waals surface area contributed by atoms with Crippen LogP contribution in [0.25, 0.3) is 0 Å². The van der Waals surface area contributed by atoms with Crippen LogP contribution < -0.4 is 11.1 Å². The van der Waals surface area contributed by atoms with Crippen molar-refractivity contribution < 1.29 is 4.79 Å². The third-order valence-corrected chi connectivity index (χ3v) is 2.66. The lowest BCUT2D eigenvalue weighted by Gasteiger charge is -2.30. The summed E-state index contributed by atoms with van der Waals surface area (Å²) in [4.78, 5) is 11.6. The maximum absolute atomic E-state index is 11.6. The molecule has 0 saturated heterocycles. The van der Waals surface area contributed by atoms with E-state index in [1.54, 1.807) is 12.1 Å². The number of hydrogen-bond donors (Lipinski definition) is 1. The number of amides is 1. The van der Waals surface area contributed by atoms with Gasteiger partial charge in [-0.05, 0) is 18.6 Å². The van der Waals surface area contributed by atoms with Crippen LogP contribution in [0.4, 0.5) is 11.4 Å². The lowest BCUT2D eigenvalue weighted by atomic mass is 9.81. The number of anilines is 1. The van der Waals surface area contributed by atoms with Crippen LogP contribution in [0.1, 0.15) is 19.4 Å². The molecule has 0 spiro atoms. The first-order chi connectivity index (χ1) is 6.50. The summed E-state index contributed by atoms with van der Waals surface area (Å²) in [7, 11) is 0. The number of fused-ring (bicyclic) bond motifs is 1. The molecule has 1 aliphatic rings. The molecule has 0 saturated carbocycles. The predicted molar refractivity (Wildman–Crippen MR) is 55.3 cm³/mol. The van der Waals surface area contributed by atoms with E-state index < -0.39 is 5.41 Å². The molecule has 2 rings (SSSR count). The van der Waals surface area contributed by atoms with Gasteiger partial charge in [-0.25, -0.2) is 0 Å². The van der Waals surface area contributed by atoms with Gasteiger partial charge in [-0.1, -0.05) is 19.9 Å². The first-order valence-electron chi connectivity index (χ1n) is 4.66. The fourth-order valence-corrected chi connectivity index (χ4v) is 1.71. The molecule has 0 bridgehead atoms. The van der Waals surface area contributed by atoms with Gasteiger partial charge in [0.15, 0.2) is 0 Å². The van der Waals surface area contributed by atoms with Crippen LogP contribution in [-0.4, -0.2) is 5.91 Å². The summed E-state index contributed by atoms with van der Waals surface area (Å²) in [5, 5.41) is 2.83. The Hall–Kier alpha value is -1.51. The van der Waals surface area contributed by atoms with E-state index in [9.17, 15) is 4.79 Å². The van der Waals surface area contributed by atoms with Crippen LogP contribution >= 0.6 is 0 Å². The van der Waals surface area contributed by atoms with Crippen LogP contribution in [0.3, 0.4) is 0 Å². The molecule has 0 aliphatic carbocycles. The maximum atomic E-state index is 11.6. The molecular formula is C11H13N2O. The molecule has 1 aromatic carbocycles. The second-order valence-electron chi connectivity index (χ2n) is 4.35. The summed E-state index contributed by atoms with van der Waals surface area (Å²) in [6.07, 6.45) is 0.647. The van der Waals surface area contributed by atoms with Gasteiger partial charge in [0, 0.05) is 16.7 Å². The zero-order valence-electron chi connectivity index (χ0n) is 8.35. The van der Waals surface area contributed by atoms with Crippen molar-refractivity contribution >= 4 is 17.3 Å². The van der Waals surface area contributed by atoms with Crippen molar-refractivity contribution in [3.63, 3.8) is 0 Å². The van der Waals surface area contributed by atoms with E-state index in [1.807, 2.05) is 19.9 Å². The minimum absolute atomic E-state index is 0.0376. The largest absolute Gasteiger partial charge is 0.325 e. The molecule has 0 unspecified atom stereocenters. The van der Waals surface area contributed by atoms with Crippen molar-refractivity contribution in [3.8, 4) is 0 Å². The lowest BCUT2D eigenvalue weighted by molar-refractivity contribution is -0.124. The highest BCUT2D eigenvalue weighted by Gasteiger charge is 2.34. The Labute approximate surface area is 83.3 Å². The van der Waals surface area contributed by atoms with Crippen LogP contribution in [-0.2, 0) is 11.2 Å². The van der Waals surface area contributed by atoms with Gasteiger partial charge in [0.05, 0.1) is 5.69 Å². The highest BCUT2D eigenvalue weighted by molar-refractivity contribution is 5.98. The SMILES string of the molecule is CC1(C)Cc2c([NH])cccc2NC1=O. The maximum Gasteiger partial charge on any atom is 0.230 e. The summed E-state index contributed by atoms with van der Waals surface area (Å²) < 4.78 is 0. The quantitative estimate of drug-likeness (QED) is 0.667. The highest BCUT2D eigenvalue weighted by atomic mass is 16.2. The third kappa shape index (κ3) is 1.25. The van der Waals surface area contributed by atoms with Crippen LogP contribution in [0.2, 0.25) is 0 Å². The van der Waals surface area contributed by atoms with Gasteiger partial charge in [-0.2, -0.15) is 0 Å². The van der Waals surface area contributed by atoms with Gasteiger partial charge >= 0.3 is 0 Å². The molecule has 1 aliphatic heterocycles. The van der Waals surface area contributed by atoms with Gasteiger partial charge in [-0.3, -0.25) is 4.79 Å². The molecule has 14 heavy (non-hydrogen) atoms. The number of nitrogens with one attached hydrogen (secondary N) is 2. The average Bonchev–Trinajstić information content (AvgIpc) is 2.09. The summed E-state index contributed by atoms with van der Waals surface area (Å²) >= 11 is 0. The van der Waals surface area contributed by atoms with Crippen molar-refractivity contribution in [1.82, 2.24) is 5.73 Å². The first-order valence-corrected chi connectivity index (χ1v) is 4.66. The normalized spacial score (nSPS) is 18.6. The molecule has 1 amide bonds. The van der Waals surface area contributed by atoms with Crippen molar-refractivity contribution in [2.75, 3.05) is 5.32 Å². The Kier molecular flexibility index (Phi) is 1.77. The third-order valence-electron chi connectivity index (χ3n) is 2.66. The molecule has 1 radical (unpaired) electrons.